The SMILES string of the molecule is CC(C)(C)C(NC(=O)CCC(=O)O)c1ccc(F)cc1. The second-order valence-corrected chi connectivity index (χ2v) is 5.81. The van der Waals surface area contributed by atoms with Crippen molar-refractivity contribution < 1.29 is 19.1 Å². The van der Waals surface area contributed by atoms with E-state index in [0.717, 1.165) is 5.56 Å². The second kappa shape index (κ2) is 6.50. The van der Waals surface area contributed by atoms with Crippen molar-refractivity contribution in [2.75, 3.05) is 0 Å². The Bertz CT molecular complexity index is 477. The van der Waals surface area contributed by atoms with Crippen LogP contribution in [0.1, 0.15) is 45.2 Å². The van der Waals surface area contributed by atoms with Gasteiger partial charge in [-0.2, -0.15) is 0 Å². The first-order valence-electron chi connectivity index (χ1n) is 6.47. The number of amides is 1. The molecule has 0 aliphatic heterocycles. The van der Waals surface area contributed by atoms with Crippen molar-refractivity contribution in [3.8, 4) is 0 Å². The van der Waals surface area contributed by atoms with Crippen molar-refractivity contribution in [3.05, 3.63) is 35.6 Å². The highest BCUT2D eigenvalue weighted by Crippen LogP contribution is 2.32. The van der Waals surface area contributed by atoms with Gasteiger partial charge < -0.3 is 10.4 Å². The quantitative estimate of drug-likeness (QED) is 0.872. The summed E-state index contributed by atoms with van der Waals surface area (Å²) >= 11 is 0. The molecule has 0 aromatic heterocycles. The number of halogens is 1. The fraction of sp³-hybridized carbons (Fsp3) is 0.467. The predicted octanol–water partition coefficient (Wildman–Crippen LogP) is 2.89. The van der Waals surface area contributed by atoms with Gasteiger partial charge in [-0.25, -0.2) is 4.39 Å². The summed E-state index contributed by atoms with van der Waals surface area (Å²) in [6, 6.07) is 5.64. The van der Waals surface area contributed by atoms with E-state index >= 15 is 0 Å². The Morgan fingerprint density at radius 2 is 1.75 bits per heavy atom. The van der Waals surface area contributed by atoms with Crippen molar-refractivity contribution in [1.82, 2.24) is 5.32 Å². The van der Waals surface area contributed by atoms with E-state index in [-0.39, 0.29) is 36.0 Å². The average Bonchev–Trinajstić information content (AvgIpc) is 2.33. The fourth-order valence-electron chi connectivity index (χ4n) is 1.91. The zero-order chi connectivity index (χ0) is 15.3. The fourth-order valence-corrected chi connectivity index (χ4v) is 1.91. The number of benzene rings is 1. The maximum Gasteiger partial charge on any atom is 0.303 e. The minimum absolute atomic E-state index is 0.0664. The molecule has 1 rings (SSSR count). The van der Waals surface area contributed by atoms with Gasteiger partial charge in [-0.1, -0.05) is 32.9 Å². The molecule has 1 aromatic rings. The predicted molar refractivity (Wildman–Crippen MR) is 73.6 cm³/mol. The van der Waals surface area contributed by atoms with Crippen molar-refractivity contribution in [2.45, 2.75) is 39.7 Å². The van der Waals surface area contributed by atoms with Gasteiger partial charge in [-0.15, -0.1) is 0 Å². The maximum atomic E-state index is 13.0. The largest absolute Gasteiger partial charge is 0.481 e. The molecule has 0 radical (unpaired) electrons. The van der Waals surface area contributed by atoms with E-state index in [1.807, 2.05) is 20.8 Å². The Labute approximate surface area is 118 Å². The van der Waals surface area contributed by atoms with Crippen molar-refractivity contribution in [1.29, 1.82) is 0 Å². The van der Waals surface area contributed by atoms with Crippen LogP contribution < -0.4 is 5.32 Å². The Hall–Kier alpha value is -1.91. The highest BCUT2D eigenvalue weighted by Gasteiger charge is 2.27. The zero-order valence-corrected chi connectivity index (χ0v) is 11.9. The highest BCUT2D eigenvalue weighted by molar-refractivity contribution is 5.81. The van der Waals surface area contributed by atoms with Gasteiger partial charge in [-0.3, -0.25) is 9.59 Å². The summed E-state index contributed by atoms with van der Waals surface area (Å²) in [6.07, 6.45) is -0.269. The van der Waals surface area contributed by atoms with Crippen LogP contribution in [0.25, 0.3) is 0 Å². The summed E-state index contributed by atoms with van der Waals surface area (Å²) in [5, 5.41) is 11.4. The molecular formula is C15H20FNO3. The minimum atomic E-state index is -1.01. The van der Waals surface area contributed by atoms with Gasteiger partial charge in [0, 0.05) is 6.42 Å². The molecule has 20 heavy (non-hydrogen) atoms. The summed E-state index contributed by atoms with van der Waals surface area (Å²) in [7, 11) is 0. The molecule has 0 heterocycles. The van der Waals surface area contributed by atoms with Crippen molar-refractivity contribution in [3.63, 3.8) is 0 Å². The van der Waals surface area contributed by atoms with Gasteiger partial charge in [0.2, 0.25) is 5.91 Å². The molecule has 1 amide bonds. The maximum absolute atomic E-state index is 13.0. The molecule has 0 spiro atoms. The third kappa shape index (κ3) is 4.99. The molecule has 110 valence electrons. The van der Waals surface area contributed by atoms with Gasteiger partial charge in [-0.05, 0) is 23.1 Å². The molecule has 2 N–H and O–H groups in total. The molecule has 0 aliphatic carbocycles. The third-order valence-corrected chi connectivity index (χ3v) is 2.94. The molecule has 1 atom stereocenters. The molecule has 0 fully saturated rings. The van der Waals surface area contributed by atoms with Crippen LogP contribution in [-0.2, 0) is 9.59 Å². The van der Waals surface area contributed by atoms with Crippen molar-refractivity contribution >= 4 is 11.9 Å². The second-order valence-electron chi connectivity index (χ2n) is 5.81. The first-order chi connectivity index (χ1) is 9.20. The smallest absolute Gasteiger partial charge is 0.303 e. The van der Waals surface area contributed by atoms with E-state index in [1.165, 1.54) is 12.1 Å². The number of carboxylic acids is 1. The summed E-state index contributed by atoms with van der Waals surface area (Å²) in [5.41, 5.74) is 0.527. The molecule has 4 nitrogen and oxygen atoms in total. The van der Waals surface area contributed by atoms with E-state index < -0.39 is 5.97 Å². The average molecular weight is 281 g/mol. The number of hydrogen-bond donors (Lipinski definition) is 2. The van der Waals surface area contributed by atoms with Crippen LogP contribution in [0.2, 0.25) is 0 Å². The third-order valence-electron chi connectivity index (χ3n) is 2.94. The number of carbonyl (C=O) groups is 2. The number of aliphatic carboxylic acids is 1. The lowest BCUT2D eigenvalue weighted by atomic mass is 9.82. The molecule has 1 unspecified atom stereocenters. The first kappa shape index (κ1) is 16.1. The molecule has 5 heteroatoms. The van der Waals surface area contributed by atoms with Gasteiger partial charge in [0.1, 0.15) is 5.82 Å². The summed E-state index contributed by atoms with van der Waals surface area (Å²) in [5.74, 6) is -1.66. The van der Waals surface area contributed by atoms with Gasteiger partial charge >= 0.3 is 5.97 Å². The van der Waals surface area contributed by atoms with Crippen molar-refractivity contribution in [2.24, 2.45) is 5.41 Å². The Morgan fingerprint density at radius 1 is 1.20 bits per heavy atom. The van der Waals surface area contributed by atoms with Crippen LogP contribution in [-0.4, -0.2) is 17.0 Å². The lowest BCUT2D eigenvalue weighted by Gasteiger charge is -2.32. The summed E-state index contributed by atoms with van der Waals surface area (Å²) < 4.78 is 13.0. The van der Waals surface area contributed by atoms with Crippen LogP contribution in [0.15, 0.2) is 24.3 Å². The number of rotatable bonds is 5. The van der Waals surface area contributed by atoms with Crippen LogP contribution >= 0.6 is 0 Å². The van der Waals surface area contributed by atoms with Crippen LogP contribution in [0.4, 0.5) is 4.39 Å². The zero-order valence-electron chi connectivity index (χ0n) is 11.9. The van der Waals surface area contributed by atoms with E-state index in [2.05, 4.69) is 5.32 Å². The lowest BCUT2D eigenvalue weighted by molar-refractivity contribution is -0.139. The van der Waals surface area contributed by atoms with E-state index in [4.69, 9.17) is 5.11 Å². The highest BCUT2D eigenvalue weighted by atomic mass is 19.1. The monoisotopic (exact) mass is 281 g/mol. The number of hydrogen-bond acceptors (Lipinski definition) is 2. The Kier molecular flexibility index (Phi) is 5.25. The lowest BCUT2D eigenvalue weighted by Crippen LogP contribution is -2.36. The topological polar surface area (TPSA) is 66.4 Å². The van der Waals surface area contributed by atoms with E-state index in [9.17, 15) is 14.0 Å². The van der Waals surface area contributed by atoms with Crippen LogP contribution in [0, 0.1) is 11.2 Å². The van der Waals surface area contributed by atoms with Crippen LogP contribution in [0.5, 0.6) is 0 Å². The standard InChI is InChI=1S/C15H20FNO3/c1-15(2,3)14(10-4-6-11(16)7-5-10)17-12(18)8-9-13(19)20/h4-7,14H,8-9H2,1-3H3,(H,17,18)(H,19,20). The van der Waals surface area contributed by atoms with E-state index in [1.54, 1.807) is 12.1 Å². The first-order valence-corrected chi connectivity index (χ1v) is 6.47. The molecule has 0 saturated carbocycles. The van der Waals surface area contributed by atoms with Gasteiger partial charge in [0.15, 0.2) is 0 Å². The molecule has 0 saturated heterocycles. The molecule has 0 bridgehead atoms. The van der Waals surface area contributed by atoms with Crippen LogP contribution in [0.3, 0.4) is 0 Å². The summed E-state index contributed by atoms with van der Waals surface area (Å²) in [6.45, 7) is 5.87. The van der Waals surface area contributed by atoms with E-state index in [0.29, 0.717) is 0 Å². The summed E-state index contributed by atoms with van der Waals surface area (Å²) in [4.78, 5) is 22.3. The Morgan fingerprint density at radius 3 is 2.20 bits per heavy atom. The molecule has 1 aromatic carbocycles. The van der Waals surface area contributed by atoms with Gasteiger partial charge in [0.05, 0.1) is 12.5 Å². The molecular weight excluding hydrogens is 261 g/mol. The molecule has 0 aliphatic rings. The number of carboxylic acid groups (broad SMARTS) is 1. The van der Waals surface area contributed by atoms with Gasteiger partial charge in [0.25, 0.3) is 0 Å². The normalized spacial score (nSPS) is 12.8. The minimum Gasteiger partial charge on any atom is -0.481 e. The Balaban J connectivity index is 2.83. The number of nitrogens with one attached hydrogen (secondary N) is 1. The number of carbonyl (C=O) groups excluding carboxylic acids is 1.